The van der Waals surface area contributed by atoms with Gasteiger partial charge in [0.1, 0.15) is 5.75 Å². The van der Waals surface area contributed by atoms with Crippen LogP contribution in [0.2, 0.25) is 0 Å². The highest BCUT2D eigenvalue weighted by atomic mass is 16.5. The third-order valence-corrected chi connectivity index (χ3v) is 3.25. The summed E-state index contributed by atoms with van der Waals surface area (Å²) in [6.07, 6.45) is 0.533. The Morgan fingerprint density at radius 1 is 1.16 bits per heavy atom. The van der Waals surface area contributed by atoms with Crippen molar-refractivity contribution in [3.63, 3.8) is 0 Å². The molecule has 98 valence electrons. The summed E-state index contributed by atoms with van der Waals surface area (Å²) in [7, 11) is 1.66. The predicted molar refractivity (Wildman–Crippen MR) is 77.8 cm³/mol. The maximum atomic E-state index is 11.8. The highest BCUT2D eigenvalue weighted by Gasteiger charge is 2.07. The number of carbonyl (C=O) groups excluding carboxylic acids is 1. The number of hydrogen-bond donors (Lipinski definition) is 0. The van der Waals surface area contributed by atoms with Gasteiger partial charge in [-0.3, -0.25) is 4.79 Å². The molecule has 0 saturated carbocycles. The summed E-state index contributed by atoms with van der Waals surface area (Å²) in [5.74, 6) is 1.02. The van der Waals surface area contributed by atoms with Gasteiger partial charge in [0.15, 0.2) is 5.78 Å². The smallest absolute Gasteiger partial charge is 0.162 e. The van der Waals surface area contributed by atoms with Crippen molar-refractivity contribution in [2.24, 2.45) is 0 Å². The highest BCUT2D eigenvalue weighted by molar-refractivity contribution is 5.97. The number of hydrogen-bond acceptors (Lipinski definition) is 2. The van der Waals surface area contributed by atoms with Crippen LogP contribution in [0.25, 0.3) is 11.1 Å². The summed E-state index contributed by atoms with van der Waals surface area (Å²) in [4.78, 5) is 11.8. The number of Topliss-reactive ketones (excluding diaryl/α,β-unsaturated/α-hetero) is 1. The van der Waals surface area contributed by atoms with Gasteiger partial charge in [0.2, 0.25) is 0 Å². The van der Waals surface area contributed by atoms with Gasteiger partial charge in [-0.05, 0) is 41.8 Å². The minimum Gasteiger partial charge on any atom is -0.497 e. The van der Waals surface area contributed by atoms with Crippen LogP contribution in [0.15, 0.2) is 42.5 Å². The first-order chi connectivity index (χ1) is 9.15. The van der Waals surface area contributed by atoms with Gasteiger partial charge in [-0.1, -0.05) is 31.2 Å². The standard InChI is InChI=1S/C17H18O2/c1-4-17(18)14-7-5-6-13(11-14)16-9-8-15(19-3)10-12(16)2/h5-11H,4H2,1-3H3. The largest absolute Gasteiger partial charge is 0.497 e. The third kappa shape index (κ3) is 2.84. The second-order valence-electron chi connectivity index (χ2n) is 4.54. The van der Waals surface area contributed by atoms with Gasteiger partial charge in [-0.2, -0.15) is 0 Å². The lowest BCUT2D eigenvalue weighted by molar-refractivity contribution is 0.0988. The Bertz CT molecular complexity index is 600. The van der Waals surface area contributed by atoms with Gasteiger partial charge in [-0.15, -0.1) is 0 Å². The molecule has 2 heteroatoms. The van der Waals surface area contributed by atoms with Crippen LogP contribution in [-0.4, -0.2) is 12.9 Å². The molecular weight excluding hydrogens is 236 g/mol. The summed E-state index contributed by atoms with van der Waals surface area (Å²) in [5.41, 5.74) is 4.11. The monoisotopic (exact) mass is 254 g/mol. The summed E-state index contributed by atoms with van der Waals surface area (Å²) in [6.45, 7) is 3.93. The molecule has 0 atom stereocenters. The van der Waals surface area contributed by atoms with Gasteiger partial charge < -0.3 is 4.74 Å². The predicted octanol–water partition coefficient (Wildman–Crippen LogP) is 4.26. The molecule has 0 N–H and O–H groups in total. The minimum atomic E-state index is 0.174. The lowest BCUT2D eigenvalue weighted by atomic mass is 9.97. The molecule has 2 nitrogen and oxygen atoms in total. The zero-order valence-electron chi connectivity index (χ0n) is 11.6. The van der Waals surface area contributed by atoms with E-state index < -0.39 is 0 Å². The molecular formula is C17H18O2. The highest BCUT2D eigenvalue weighted by Crippen LogP contribution is 2.27. The van der Waals surface area contributed by atoms with E-state index in [0.717, 1.165) is 28.0 Å². The van der Waals surface area contributed by atoms with E-state index in [0.29, 0.717) is 6.42 Å². The topological polar surface area (TPSA) is 26.3 Å². The fourth-order valence-corrected chi connectivity index (χ4v) is 2.15. The normalized spacial score (nSPS) is 10.3. The number of methoxy groups -OCH3 is 1. The molecule has 0 fully saturated rings. The van der Waals surface area contributed by atoms with Crippen molar-refractivity contribution in [1.29, 1.82) is 0 Å². The number of ether oxygens (including phenoxy) is 1. The summed E-state index contributed by atoms with van der Waals surface area (Å²) >= 11 is 0. The number of carbonyl (C=O) groups is 1. The molecule has 0 amide bonds. The second kappa shape index (κ2) is 5.70. The first-order valence-electron chi connectivity index (χ1n) is 6.44. The average Bonchev–Trinajstić information content (AvgIpc) is 2.46. The molecule has 2 aromatic carbocycles. The van der Waals surface area contributed by atoms with E-state index in [1.54, 1.807) is 7.11 Å². The van der Waals surface area contributed by atoms with E-state index in [4.69, 9.17) is 4.74 Å². The lowest BCUT2D eigenvalue weighted by Crippen LogP contribution is -1.96. The summed E-state index contributed by atoms with van der Waals surface area (Å²) in [6, 6.07) is 13.8. The van der Waals surface area contributed by atoms with E-state index in [1.165, 1.54) is 0 Å². The van der Waals surface area contributed by atoms with Gasteiger partial charge in [0.25, 0.3) is 0 Å². The van der Waals surface area contributed by atoms with Gasteiger partial charge >= 0.3 is 0 Å². The molecule has 0 bridgehead atoms. The van der Waals surface area contributed by atoms with Crippen molar-refractivity contribution in [2.75, 3.05) is 7.11 Å². The van der Waals surface area contributed by atoms with Gasteiger partial charge in [-0.25, -0.2) is 0 Å². The Kier molecular flexibility index (Phi) is 4.00. The van der Waals surface area contributed by atoms with Gasteiger partial charge in [0.05, 0.1) is 7.11 Å². The van der Waals surface area contributed by atoms with Crippen molar-refractivity contribution >= 4 is 5.78 Å². The van der Waals surface area contributed by atoms with Crippen molar-refractivity contribution in [3.05, 3.63) is 53.6 Å². The van der Waals surface area contributed by atoms with Crippen LogP contribution in [0.4, 0.5) is 0 Å². The quantitative estimate of drug-likeness (QED) is 0.762. The van der Waals surface area contributed by atoms with Crippen LogP contribution in [0, 0.1) is 6.92 Å². The molecule has 0 unspecified atom stereocenters. The molecule has 2 rings (SSSR count). The fraction of sp³-hybridized carbons (Fsp3) is 0.235. The fourth-order valence-electron chi connectivity index (χ4n) is 2.15. The number of rotatable bonds is 4. The molecule has 0 aliphatic heterocycles. The van der Waals surface area contributed by atoms with Gasteiger partial charge in [0, 0.05) is 12.0 Å². The SMILES string of the molecule is CCC(=O)c1cccc(-c2ccc(OC)cc2C)c1. The van der Waals surface area contributed by atoms with Crippen molar-refractivity contribution in [1.82, 2.24) is 0 Å². The summed E-state index contributed by atoms with van der Waals surface area (Å²) in [5, 5.41) is 0. The zero-order valence-corrected chi connectivity index (χ0v) is 11.6. The van der Waals surface area contributed by atoms with Crippen molar-refractivity contribution in [3.8, 4) is 16.9 Å². The number of ketones is 1. The lowest BCUT2D eigenvalue weighted by Gasteiger charge is -2.09. The molecule has 0 aromatic heterocycles. The van der Waals surface area contributed by atoms with E-state index in [1.807, 2.05) is 56.3 Å². The maximum absolute atomic E-state index is 11.8. The van der Waals surface area contributed by atoms with E-state index in [-0.39, 0.29) is 5.78 Å². The molecule has 0 heterocycles. The molecule has 0 aliphatic carbocycles. The molecule has 0 radical (unpaired) electrons. The van der Waals surface area contributed by atoms with Crippen molar-refractivity contribution in [2.45, 2.75) is 20.3 Å². The Hall–Kier alpha value is -2.09. The summed E-state index contributed by atoms with van der Waals surface area (Å²) < 4.78 is 5.21. The number of aryl methyl sites for hydroxylation is 1. The molecule has 0 spiro atoms. The van der Waals surface area contributed by atoms with Crippen LogP contribution in [0.3, 0.4) is 0 Å². The molecule has 0 saturated heterocycles. The van der Waals surface area contributed by atoms with Crippen LogP contribution in [0.1, 0.15) is 29.3 Å². The number of benzene rings is 2. The second-order valence-corrected chi connectivity index (χ2v) is 4.54. The Morgan fingerprint density at radius 2 is 1.95 bits per heavy atom. The van der Waals surface area contributed by atoms with Crippen LogP contribution >= 0.6 is 0 Å². The Labute approximate surface area is 114 Å². The molecule has 19 heavy (non-hydrogen) atoms. The molecule has 2 aromatic rings. The van der Waals surface area contributed by atoms with Crippen LogP contribution in [-0.2, 0) is 0 Å². The Morgan fingerprint density at radius 3 is 2.58 bits per heavy atom. The average molecular weight is 254 g/mol. The van der Waals surface area contributed by atoms with Crippen LogP contribution < -0.4 is 4.74 Å². The third-order valence-electron chi connectivity index (χ3n) is 3.25. The minimum absolute atomic E-state index is 0.174. The zero-order chi connectivity index (χ0) is 13.8. The van der Waals surface area contributed by atoms with E-state index >= 15 is 0 Å². The first kappa shape index (κ1) is 13.3. The van der Waals surface area contributed by atoms with E-state index in [9.17, 15) is 4.79 Å². The van der Waals surface area contributed by atoms with E-state index in [2.05, 4.69) is 0 Å². The Balaban J connectivity index is 2.44. The maximum Gasteiger partial charge on any atom is 0.162 e. The van der Waals surface area contributed by atoms with Crippen molar-refractivity contribution < 1.29 is 9.53 Å². The molecule has 0 aliphatic rings. The van der Waals surface area contributed by atoms with Crippen LogP contribution in [0.5, 0.6) is 5.75 Å². The first-order valence-corrected chi connectivity index (χ1v) is 6.44.